The van der Waals surface area contributed by atoms with Gasteiger partial charge in [-0.1, -0.05) is 18.5 Å². The fourth-order valence-corrected chi connectivity index (χ4v) is 3.55. The lowest BCUT2D eigenvalue weighted by atomic mass is 9.79. The molecular formula is C16H26ClN3O. The number of carbonyl (C=O) groups excluding carboxylic acids is 1. The molecule has 4 nitrogen and oxygen atoms in total. The van der Waals surface area contributed by atoms with E-state index < -0.39 is 0 Å². The van der Waals surface area contributed by atoms with Gasteiger partial charge >= 0.3 is 0 Å². The van der Waals surface area contributed by atoms with Crippen LogP contribution in [0.4, 0.5) is 0 Å². The van der Waals surface area contributed by atoms with Crippen LogP contribution in [0, 0.1) is 11.8 Å². The van der Waals surface area contributed by atoms with Crippen LogP contribution in [0.25, 0.3) is 0 Å². The van der Waals surface area contributed by atoms with E-state index in [9.17, 15) is 4.79 Å². The molecule has 1 aliphatic carbocycles. The maximum atomic E-state index is 12.5. The maximum absolute atomic E-state index is 12.5. The third-order valence-electron chi connectivity index (χ3n) is 4.67. The van der Waals surface area contributed by atoms with Gasteiger partial charge < -0.3 is 5.73 Å². The van der Waals surface area contributed by atoms with Crippen molar-refractivity contribution in [1.82, 2.24) is 9.78 Å². The molecule has 118 valence electrons. The molecule has 1 heterocycles. The summed E-state index contributed by atoms with van der Waals surface area (Å²) in [6.45, 7) is 5.56. The molecule has 1 saturated carbocycles. The fraction of sp³-hybridized carbons (Fsp3) is 0.750. The summed E-state index contributed by atoms with van der Waals surface area (Å²) in [5.41, 5.74) is 7.50. The van der Waals surface area contributed by atoms with Crippen LogP contribution in [0.15, 0.2) is 0 Å². The first-order valence-electron chi connectivity index (χ1n) is 8.07. The number of nitrogens with two attached hydrogens (primary N) is 1. The Morgan fingerprint density at radius 1 is 1.33 bits per heavy atom. The monoisotopic (exact) mass is 311 g/mol. The number of halogens is 1. The van der Waals surface area contributed by atoms with Crippen molar-refractivity contribution >= 4 is 17.4 Å². The minimum atomic E-state index is 0.175. The lowest BCUT2D eigenvalue weighted by Gasteiger charge is -2.26. The zero-order chi connectivity index (χ0) is 15.4. The molecule has 0 aliphatic heterocycles. The summed E-state index contributed by atoms with van der Waals surface area (Å²) < 4.78 is 1.88. The summed E-state index contributed by atoms with van der Waals surface area (Å²) >= 11 is 6.38. The Labute approximate surface area is 132 Å². The van der Waals surface area contributed by atoms with Crippen molar-refractivity contribution < 1.29 is 4.79 Å². The highest BCUT2D eigenvalue weighted by molar-refractivity contribution is 6.32. The Kier molecular flexibility index (Phi) is 5.82. The summed E-state index contributed by atoms with van der Waals surface area (Å²) in [7, 11) is 0. The molecule has 5 heteroatoms. The molecule has 1 aliphatic rings. The van der Waals surface area contributed by atoms with Crippen molar-refractivity contribution in [2.24, 2.45) is 17.6 Å². The topological polar surface area (TPSA) is 60.9 Å². The van der Waals surface area contributed by atoms with Gasteiger partial charge in [-0.2, -0.15) is 5.10 Å². The van der Waals surface area contributed by atoms with Gasteiger partial charge in [0.25, 0.3) is 0 Å². The third-order valence-corrected chi connectivity index (χ3v) is 5.11. The predicted octanol–water partition coefficient (Wildman–Crippen LogP) is 3.00. The highest BCUT2D eigenvalue weighted by atomic mass is 35.5. The van der Waals surface area contributed by atoms with Crippen LogP contribution in [0.2, 0.25) is 5.02 Å². The first kappa shape index (κ1) is 16.5. The van der Waals surface area contributed by atoms with E-state index in [4.69, 9.17) is 17.3 Å². The Bertz CT molecular complexity index is 490. The van der Waals surface area contributed by atoms with Crippen LogP contribution < -0.4 is 5.73 Å². The maximum Gasteiger partial charge on any atom is 0.141 e. The first-order chi connectivity index (χ1) is 10.1. The standard InChI is InChI=1S/C16H26ClN3O/c1-3-13-16(17)14(20(4-2)19-13)9-15(21)12-7-5-11(10-18)6-8-12/h11-12H,3-10,18H2,1-2H3. The average Bonchev–Trinajstić information content (AvgIpc) is 2.83. The number of aryl methyl sites for hydroxylation is 2. The van der Waals surface area contributed by atoms with Gasteiger partial charge in [-0.05, 0) is 51.5 Å². The van der Waals surface area contributed by atoms with E-state index >= 15 is 0 Å². The SMILES string of the molecule is CCc1nn(CC)c(CC(=O)C2CCC(CN)CC2)c1Cl. The molecule has 0 amide bonds. The van der Waals surface area contributed by atoms with Crippen molar-refractivity contribution in [3.05, 3.63) is 16.4 Å². The zero-order valence-electron chi connectivity index (χ0n) is 13.1. The van der Waals surface area contributed by atoms with Crippen molar-refractivity contribution in [2.45, 2.75) is 58.9 Å². The number of rotatable bonds is 6. The molecule has 2 N–H and O–H groups in total. The Morgan fingerprint density at radius 2 is 2.00 bits per heavy atom. The second-order valence-corrected chi connectivity index (χ2v) is 6.35. The molecule has 0 spiro atoms. The van der Waals surface area contributed by atoms with Crippen molar-refractivity contribution in [3.8, 4) is 0 Å². The Hall–Kier alpha value is -0.870. The van der Waals surface area contributed by atoms with E-state index in [0.717, 1.165) is 56.6 Å². The first-order valence-corrected chi connectivity index (χ1v) is 8.45. The van der Waals surface area contributed by atoms with Gasteiger partial charge in [0, 0.05) is 12.5 Å². The van der Waals surface area contributed by atoms with Gasteiger partial charge in [0.05, 0.1) is 22.8 Å². The van der Waals surface area contributed by atoms with Gasteiger partial charge in [-0.25, -0.2) is 0 Å². The molecule has 0 radical (unpaired) electrons. The molecule has 0 aromatic carbocycles. The minimum Gasteiger partial charge on any atom is -0.330 e. The number of hydrogen-bond acceptors (Lipinski definition) is 3. The van der Waals surface area contributed by atoms with Crippen LogP contribution in [0.5, 0.6) is 0 Å². The predicted molar refractivity (Wildman–Crippen MR) is 85.5 cm³/mol. The summed E-state index contributed by atoms with van der Waals surface area (Å²) in [5.74, 6) is 1.09. The highest BCUT2D eigenvalue weighted by Gasteiger charge is 2.27. The smallest absolute Gasteiger partial charge is 0.141 e. The van der Waals surface area contributed by atoms with Crippen molar-refractivity contribution in [2.75, 3.05) is 6.54 Å². The van der Waals surface area contributed by atoms with Gasteiger partial charge in [-0.15, -0.1) is 0 Å². The third kappa shape index (κ3) is 3.67. The average molecular weight is 312 g/mol. The Morgan fingerprint density at radius 3 is 2.52 bits per heavy atom. The van der Waals surface area contributed by atoms with E-state index in [1.807, 2.05) is 18.5 Å². The molecule has 1 aromatic heterocycles. The molecule has 0 saturated heterocycles. The van der Waals surface area contributed by atoms with Crippen molar-refractivity contribution in [3.63, 3.8) is 0 Å². The molecule has 1 fully saturated rings. The van der Waals surface area contributed by atoms with Gasteiger partial charge in [-0.3, -0.25) is 9.48 Å². The van der Waals surface area contributed by atoms with E-state index in [1.165, 1.54) is 0 Å². The molecule has 0 atom stereocenters. The van der Waals surface area contributed by atoms with Crippen LogP contribution in [0.3, 0.4) is 0 Å². The largest absolute Gasteiger partial charge is 0.330 e. The van der Waals surface area contributed by atoms with E-state index in [2.05, 4.69) is 5.10 Å². The number of nitrogens with zero attached hydrogens (tertiary/aromatic N) is 2. The molecule has 0 bridgehead atoms. The normalized spacial score (nSPS) is 22.5. The lowest BCUT2D eigenvalue weighted by Crippen LogP contribution is -2.27. The van der Waals surface area contributed by atoms with E-state index in [0.29, 0.717) is 23.1 Å². The molecular weight excluding hydrogens is 286 g/mol. The molecule has 1 aromatic rings. The zero-order valence-corrected chi connectivity index (χ0v) is 13.8. The summed E-state index contributed by atoms with van der Waals surface area (Å²) in [6, 6.07) is 0. The molecule has 2 rings (SSSR count). The lowest BCUT2D eigenvalue weighted by molar-refractivity contribution is -0.123. The van der Waals surface area contributed by atoms with Crippen LogP contribution in [0.1, 0.15) is 50.9 Å². The second kappa shape index (κ2) is 7.41. The van der Waals surface area contributed by atoms with Crippen LogP contribution >= 0.6 is 11.6 Å². The summed E-state index contributed by atoms with van der Waals surface area (Å²) in [5, 5.41) is 5.17. The summed E-state index contributed by atoms with van der Waals surface area (Å²) in [6.07, 6.45) is 5.31. The van der Waals surface area contributed by atoms with Crippen LogP contribution in [-0.4, -0.2) is 22.1 Å². The highest BCUT2D eigenvalue weighted by Crippen LogP contribution is 2.30. The van der Waals surface area contributed by atoms with Crippen molar-refractivity contribution in [1.29, 1.82) is 0 Å². The number of ketones is 1. The fourth-order valence-electron chi connectivity index (χ4n) is 3.22. The van der Waals surface area contributed by atoms with E-state index in [1.54, 1.807) is 0 Å². The van der Waals surface area contributed by atoms with Gasteiger partial charge in [0.2, 0.25) is 0 Å². The minimum absolute atomic E-state index is 0.175. The number of aromatic nitrogens is 2. The number of hydrogen-bond donors (Lipinski definition) is 1. The summed E-state index contributed by atoms with van der Waals surface area (Å²) in [4.78, 5) is 12.5. The van der Waals surface area contributed by atoms with Crippen LogP contribution in [-0.2, 0) is 24.2 Å². The Balaban J connectivity index is 2.04. The molecule has 0 unspecified atom stereocenters. The van der Waals surface area contributed by atoms with Gasteiger partial charge in [0.1, 0.15) is 5.78 Å². The quantitative estimate of drug-likeness (QED) is 0.878. The number of Topliss-reactive ketones (excluding diaryl/α,β-unsaturated/α-hetero) is 1. The number of carbonyl (C=O) groups is 1. The second-order valence-electron chi connectivity index (χ2n) is 5.97. The van der Waals surface area contributed by atoms with E-state index in [-0.39, 0.29) is 5.92 Å². The molecule has 21 heavy (non-hydrogen) atoms. The van der Waals surface area contributed by atoms with Gasteiger partial charge in [0.15, 0.2) is 0 Å².